The molecule has 19 heavy (non-hydrogen) atoms. The third-order valence-corrected chi connectivity index (χ3v) is 2.35. The average molecular weight is 265 g/mol. The maximum Gasteiger partial charge on any atom is 0.292 e. The summed E-state index contributed by atoms with van der Waals surface area (Å²) in [6.07, 6.45) is 0. The van der Waals surface area contributed by atoms with Gasteiger partial charge in [0.25, 0.3) is 11.7 Å². The lowest BCUT2D eigenvalue weighted by molar-refractivity contribution is -0.118. The van der Waals surface area contributed by atoms with Gasteiger partial charge in [-0.25, -0.2) is 0 Å². The average Bonchev–Trinajstić information content (AvgIpc) is 2.35. The fourth-order valence-electron chi connectivity index (χ4n) is 1.51. The summed E-state index contributed by atoms with van der Waals surface area (Å²) in [5.74, 6) is -0.479. The smallest absolute Gasteiger partial charge is 0.292 e. The van der Waals surface area contributed by atoms with Gasteiger partial charge in [0.15, 0.2) is 0 Å². The zero-order chi connectivity index (χ0) is 14.6. The number of nitrogens with one attached hydrogen (secondary N) is 1. The van der Waals surface area contributed by atoms with Gasteiger partial charge in [0.05, 0.1) is 19.8 Å². The van der Waals surface area contributed by atoms with Gasteiger partial charge in [-0.15, -0.1) is 0 Å². The van der Waals surface area contributed by atoms with E-state index in [-0.39, 0.29) is 5.56 Å². The standard InChI is InChI=1S/C14H19NO4/c1-14(2,3)15-13(17)12(16)10-8-9(18-4)6-7-11(10)19-5/h6-8H,1-5H3,(H,15,17). The minimum absolute atomic E-state index is 0.184. The SMILES string of the molecule is COc1ccc(OC)c(C(=O)C(=O)NC(C)(C)C)c1. The molecule has 0 bridgehead atoms. The topological polar surface area (TPSA) is 64.6 Å². The van der Waals surface area contributed by atoms with Crippen molar-refractivity contribution < 1.29 is 19.1 Å². The second-order valence-corrected chi connectivity index (χ2v) is 5.10. The third kappa shape index (κ3) is 3.98. The second-order valence-electron chi connectivity index (χ2n) is 5.10. The summed E-state index contributed by atoms with van der Waals surface area (Å²) in [5.41, 5.74) is -0.289. The highest BCUT2D eigenvalue weighted by Crippen LogP contribution is 2.24. The van der Waals surface area contributed by atoms with Gasteiger partial charge in [-0.2, -0.15) is 0 Å². The van der Waals surface area contributed by atoms with E-state index in [1.54, 1.807) is 32.9 Å². The third-order valence-electron chi connectivity index (χ3n) is 2.35. The summed E-state index contributed by atoms with van der Waals surface area (Å²) < 4.78 is 10.1. The predicted octanol–water partition coefficient (Wildman–Crippen LogP) is 1.80. The monoisotopic (exact) mass is 265 g/mol. The molecule has 5 nitrogen and oxygen atoms in total. The quantitative estimate of drug-likeness (QED) is 0.666. The molecular weight excluding hydrogens is 246 g/mol. The van der Waals surface area contributed by atoms with Gasteiger partial charge in [0.1, 0.15) is 11.5 Å². The normalized spacial score (nSPS) is 10.8. The molecular formula is C14H19NO4. The zero-order valence-electron chi connectivity index (χ0n) is 11.9. The lowest BCUT2D eigenvalue weighted by Crippen LogP contribution is -2.44. The molecule has 0 aliphatic carbocycles. The zero-order valence-corrected chi connectivity index (χ0v) is 11.9. The first-order chi connectivity index (χ1) is 8.78. The Kier molecular flexibility index (Phi) is 4.53. The molecule has 1 N–H and O–H groups in total. The molecule has 1 aromatic rings. The lowest BCUT2D eigenvalue weighted by atomic mass is 10.1. The first-order valence-corrected chi connectivity index (χ1v) is 5.87. The van der Waals surface area contributed by atoms with E-state index >= 15 is 0 Å². The van der Waals surface area contributed by atoms with E-state index < -0.39 is 17.2 Å². The van der Waals surface area contributed by atoms with Crippen LogP contribution in [-0.4, -0.2) is 31.4 Å². The van der Waals surface area contributed by atoms with E-state index in [1.165, 1.54) is 20.3 Å². The Balaban J connectivity index is 3.07. The molecule has 0 atom stereocenters. The van der Waals surface area contributed by atoms with E-state index in [2.05, 4.69) is 5.32 Å². The van der Waals surface area contributed by atoms with Crippen LogP contribution >= 0.6 is 0 Å². The number of ketones is 1. The van der Waals surface area contributed by atoms with Gasteiger partial charge in [-0.1, -0.05) is 0 Å². The summed E-state index contributed by atoms with van der Waals surface area (Å²) >= 11 is 0. The van der Waals surface area contributed by atoms with Crippen molar-refractivity contribution >= 4 is 11.7 Å². The summed E-state index contributed by atoms with van der Waals surface area (Å²) in [7, 11) is 2.94. The number of methoxy groups -OCH3 is 2. The van der Waals surface area contributed by atoms with Crippen LogP contribution in [-0.2, 0) is 4.79 Å². The molecule has 0 aliphatic rings. The van der Waals surface area contributed by atoms with Crippen molar-refractivity contribution in [2.24, 2.45) is 0 Å². The maximum absolute atomic E-state index is 12.1. The van der Waals surface area contributed by atoms with Crippen LogP contribution in [0, 0.1) is 0 Å². The molecule has 0 heterocycles. The highest BCUT2D eigenvalue weighted by atomic mass is 16.5. The summed E-state index contributed by atoms with van der Waals surface area (Å²) in [6, 6.07) is 4.75. The van der Waals surface area contributed by atoms with E-state index in [9.17, 15) is 9.59 Å². The van der Waals surface area contributed by atoms with Crippen LogP contribution in [0.4, 0.5) is 0 Å². The number of hydrogen-bond acceptors (Lipinski definition) is 4. The van der Waals surface area contributed by atoms with Crippen molar-refractivity contribution in [2.75, 3.05) is 14.2 Å². The number of hydrogen-bond donors (Lipinski definition) is 1. The fourth-order valence-corrected chi connectivity index (χ4v) is 1.51. The van der Waals surface area contributed by atoms with Gasteiger partial charge >= 0.3 is 0 Å². The van der Waals surface area contributed by atoms with Crippen LogP contribution in [0.2, 0.25) is 0 Å². The molecule has 0 fully saturated rings. The molecule has 1 amide bonds. The van der Waals surface area contributed by atoms with E-state index in [0.717, 1.165) is 0 Å². The van der Waals surface area contributed by atoms with Crippen LogP contribution in [0.15, 0.2) is 18.2 Å². The Morgan fingerprint density at radius 1 is 1.11 bits per heavy atom. The first kappa shape index (κ1) is 15.0. The molecule has 0 spiro atoms. The minimum atomic E-state index is -0.668. The van der Waals surface area contributed by atoms with Gasteiger partial charge < -0.3 is 14.8 Å². The molecule has 0 saturated carbocycles. The van der Waals surface area contributed by atoms with Crippen LogP contribution in [0.1, 0.15) is 31.1 Å². The highest BCUT2D eigenvalue weighted by Gasteiger charge is 2.24. The molecule has 0 aromatic heterocycles. The second kappa shape index (κ2) is 5.73. The van der Waals surface area contributed by atoms with Crippen LogP contribution in [0.25, 0.3) is 0 Å². The number of carbonyl (C=O) groups excluding carboxylic acids is 2. The van der Waals surface area contributed by atoms with Crippen molar-refractivity contribution in [3.8, 4) is 11.5 Å². The van der Waals surface area contributed by atoms with Gasteiger partial charge in [-0.3, -0.25) is 9.59 Å². The number of rotatable bonds is 4. The number of amides is 1. The maximum atomic E-state index is 12.1. The van der Waals surface area contributed by atoms with Crippen molar-refractivity contribution in [1.29, 1.82) is 0 Å². The summed E-state index contributed by atoms with van der Waals surface area (Å²) in [4.78, 5) is 24.0. The molecule has 0 unspecified atom stereocenters. The van der Waals surface area contributed by atoms with Gasteiger partial charge in [0, 0.05) is 5.54 Å². The van der Waals surface area contributed by atoms with E-state index in [0.29, 0.717) is 11.5 Å². The largest absolute Gasteiger partial charge is 0.497 e. The number of Topliss-reactive ketones (excluding diaryl/α,β-unsaturated/α-hetero) is 1. The van der Waals surface area contributed by atoms with E-state index in [1.807, 2.05) is 0 Å². The van der Waals surface area contributed by atoms with Crippen LogP contribution < -0.4 is 14.8 Å². The predicted molar refractivity (Wildman–Crippen MR) is 71.8 cm³/mol. The van der Waals surface area contributed by atoms with Crippen molar-refractivity contribution in [2.45, 2.75) is 26.3 Å². The van der Waals surface area contributed by atoms with Gasteiger partial charge in [0.2, 0.25) is 0 Å². The Hall–Kier alpha value is -2.04. The van der Waals surface area contributed by atoms with Crippen molar-refractivity contribution in [3.05, 3.63) is 23.8 Å². The molecule has 1 rings (SSSR count). The summed E-state index contributed by atoms with van der Waals surface area (Å²) in [5, 5.41) is 2.62. The summed E-state index contributed by atoms with van der Waals surface area (Å²) in [6.45, 7) is 5.42. The molecule has 104 valence electrons. The van der Waals surface area contributed by atoms with E-state index in [4.69, 9.17) is 9.47 Å². The molecule has 0 aliphatic heterocycles. The molecule has 0 saturated heterocycles. The first-order valence-electron chi connectivity index (χ1n) is 5.87. The van der Waals surface area contributed by atoms with Crippen LogP contribution in [0.3, 0.4) is 0 Å². The Morgan fingerprint density at radius 3 is 2.21 bits per heavy atom. The minimum Gasteiger partial charge on any atom is -0.497 e. The molecule has 0 radical (unpaired) electrons. The number of carbonyl (C=O) groups is 2. The van der Waals surface area contributed by atoms with Crippen LogP contribution in [0.5, 0.6) is 11.5 Å². The van der Waals surface area contributed by atoms with Gasteiger partial charge in [-0.05, 0) is 39.0 Å². The molecule has 5 heteroatoms. The molecule has 1 aromatic carbocycles. The fraction of sp³-hybridized carbons (Fsp3) is 0.429. The number of ether oxygens (including phenoxy) is 2. The number of benzene rings is 1. The highest BCUT2D eigenvalue weighted by molar-refractivity contribution is 6.43. The Labute approximate surface area is 112 Å². The van der Waals surface area contributed by atoms with Crippen molar-refractivity contribution in [3.63, 3.8) is 0 Å². The Morgan fingerprint density at radius 2 is 1.74 bits per heavy atom. The Bertz CT molecular complexity index is 489. The van der Waals surface area contributed by atoms with Crippen molar-refractivity contribution in [1.82, 2.24) is 5.32 Å². The lowest BCUT2D eigenvalue weighted by Gasteiger charge is -2.20.